The number of rotatable bonds is 6. The number of nitrogens with one attached hydrogen (secondary N) is 2. The average Bonchev–Trinajstić information content (AvgIpc) is 3.15. The first-order valence-corrected chi connectivity index (χ1v) is 12.2. The summed E-state index contributed by atoms with van der Waals surface area (Å²) in [4.78, 5) is 29.5. The van der Waals surface area contributed by atoms with Gasteiger partial charge in [-0.05, 0) is 79.2 Å². The summed E-state index contributed by atoms with van der Waals surface area (Å²) in [7, 11) is 0. The van der Waals surface area contributed by atoms with E-state index in [0.29, 0.717) is 31.6 Å². The van der Waals surface area contributed by atoms with Crippen LogP contribution in [0.25, 0.3) is 6.08 Å². The molecule has 9 heteroatoms. The predicted octanol–water partition coefficient (Wildman–Crippen LogP) is 6.52. The topological polar surface area (TPSA) is 79.8 Å². The SMILES string of the molecule is Cc1ccc(N=C2NC(=O)/C(=C/c3ccc(OCC(=O)Nc4ccc(C)c(Cl)c4)c(Cl)c3)S2)cc1. The Morgan fingerprint density at radius 1 is 1.06 bits per heavy atom. The Hall–Kier alpha value is -3.26. The number of thioether (sulfide) groups is 1. The second-order valence-electron chi connectivity index (χ2n) is 7.81. The van der Waals surface area contributed by atoms with Crippen molar-refractivity contribution in [2.45, 2.75) is 13.8 Å². The molecule has 1 fully saturated rings. The molecule has 3 aromatic carbocycles. The maximum Gasteiger partial charge on any atom is 0.264 e. The highest BCUT2D eigenvalue weighted by Gasteiger charge is 2.24. The van der Waals surface area contributed by atoms with E-state index in [1.54, 1.807) is 36.4 Å². The highest BCUT2D eigenvalue weighted by Crippen LogP contribution is 2.31. The molecule has 6 nitrogen and oxygen atoms in total. The van der Waals surface area contributed by atoms with Crippen molar-refractivity contribution < 1.29 is 14.3 Å². The molecule has 2 amide bonds. The molecule has 0 bridgehead atoms. The van der Waals surface area contributed by atoms with Crippen molar-refractivity contribution in [3.63, 3.8) is 0 Å². The van der Waals surface area contributed by atoms with Crippen LogP contribution in [0.4, 0.5) is 11.4 Å². The quantitative estimate of drug-likeness (QED) is 0.359. The first-order chi connectivity index (χ1) is 16.8. The molecule has 1 saturated heterocycles. The minimum Gasteiger partial charge on any atom is -0.482 e. The van der Waals surface area contributed by atoms with Crippen LogP contribution in [0.15, 0.2) is 70.6 Å². The number of nitrogens with zero attached hydrogens (tertiary/aromatic N) is 1. The fourth-order valence-electron chi connectivity index (χ4n) is 3.10. The number of amidine groups is 1. The van der Waals surface area contributed by atoms with Gasteiger partial charge in [0.2, 0.25) is 0 Å². The van der Waals surface area contributed by atoms with Gasteiger partial charge in [-0.1, -0.05) is 53.0 Å². The molecule has 0 spiro atoms. The summed E-state index contributed by atoms with van der Waals surface area (Å²) in [6, 6.07) is 18.1. The predicted molar refractivity (Wildman–Crippen MR) is 144 cm³/mol. The number of aryl methyl sites for hydroxylation is 2. The summed E-state index contributed by atoms with van der Waals surface area (Å²) in [6.45, 7) is 3.67. The van der Waals surface area contributed by atoms with E-state index in [-0.39, 0.29) is 18.4 Å². The van der Waals surface area contributed by atoms with Crippen LogP contribution in [0.5, 0.6) is 5.75 Å². The monoisotopic (exact) mass is 525 g/mol. The number of hydrogen-bond acceptors (Lipinski definition) is 5. The lowest BCUT2D eigenvalue weighted by atomic mass is 10.2. The number of aliphatic imine (C=N–C) groups is 1. The van der Waals surface area contributed by atoms with E-state index in [1.807, 2.05) is 44.2 Å². The molecule has 0 unspecified atom stereocenters. The van der Waals surface area contributed by atoms with Crippen molar-refractivity contribution >= 4 is 69.4 Å². The number of benzene rings is 3. The zero-order valence-corrected chi connectivity index (χ0v) is 21.2. The fourth-order valence-corrected chi connectivity index (χ4v) is 4.37. The largest absolute Gasteiger partial charge is 0.482 e. The molecule has 2 N–H and O–H groups in total. The molecule has 0 atom stereocenters. The molecule has 35 heavy (non-hydrogen) atoms. The van der Waals surface area contributed by atoms with Crippen molar-refractivity contribution in [2.24, 2.45) is 4.99 Å². The first kappa shape index (κ1) is 24.9. The van der Waals surface area contributed by atoms with Crippen LogP contribution in [0, 0.1) is 13.8 Å². The summed E-state index contributed by atoms with van der Waals surface area (Å²) < 4.78 is 5.56. The Morgan fingerprint density at radius 2 is 1.83 bits per heavy atom. The standard InChI is InChI=1S/C26H21Cl2N3O3S/c1-15-3-7-18(8-4-15)30-26-31-25(33)23(35-26)12-17-6-10-22(21(28)11-17)34-14-24(32)29-19-9-5-16(2)20(27)13-19/h3-13H,14H2,1-2H3,(H,29,32)(H,30,31,33)/b23-12-. The summed E-state index contributed by atoms with van der Waals surface area (Å²) >= 11 is 13.7. The Morgan fingerprint density at radius 3 is 2.54 bits per heavy atom. The number of carbonyl (C=O) groups is 2. The van der Waals surface area contributed by atoms with Crippen LogP contribution >= 0.6 is 35.0 Å². The van der Waals surface area contributed by atoms with Gasteiger partial charge >= 0.3 is 0 Å². The van der Waals surface area contributed by atoms with Gasteiger partial charge in [0.15, 0.2) is 11.8 Å². The second-order valence-corrected chi connectivity index (χ2v) is 9.65. The minimum atomic E-state index is -0.341. The van der Waals surface area contributed by atoms with Crippen molar-refractivity contribution in [1.29, 1.82) is 0 Å². The smallest absolute Gasteiger partial charge is 0.264 e. The van der Waals surface area contributed by atoms with E-state index in [9.17, 15) is 9.59 Å². The molecule has 1 aliphatic rings. The Kier molecular flexibility index (Phi) is 7.80. The normalized spacial score (nSPS) is 15.4. The highest BCUT2D eigenvalue weighted by atomic mass is 35.5. The fraction of sp³-hybridized carbons (Fsp3) is 0.115. The van der Waals surface area contributed by atoms with Gasteiger partial charge < -0.3 is 15.4 Å². The van der Waals surface area contributed by atoms with Crippen molar-refractivity contribution in [3.8, 4) is 5.75 Å². The number of amides is 2. The average molecular weight is 526 g/mol. The molecule has 4 rings (SSSR count). The van der Waals surface area contributed by atoms with Crippen LogP contribution in [-0.2, 0) is 9.59 Å². The van der Waals surface area contributed by atoms with E-state index >= 15 is 0 Å². The third-order valence-electron chi connectivity index (χ3n) is 4.98. The van der Waals surface area contributed by atoms with Crippen LogP contribution in [0.1, 0.15) is 16.7 Å². The van der Waals surface area contributed by atoms with Gasteiger partial charge in [0, 0.05) is 10.7 Å². The lowest BCUT2D eigenvalue weighted by Crippen LogP contribution is -2.20. The van der Waals surface area contributed by atoms with Crippen LogP contribution in [0.2, 0.25) is 10.0 Å². The van der Waals surface area contributed by atoms with Gasteiger partial charge in [0.25, 0.3) is 11.8 Å². The zero-order chi connectivity index (χ0) is 24.9. The number of carbonyl (C=O) groups excluding carboxylic acids is 2. The molecule has 1 aliphatic heterocycles. The van der Waals surface area contributed by atoms with Gasteiger partial charge in [-0.2, -0.15) is 0 Å². The molecule has 1 heterocycles. The third kappa shape index (κ3) is 6.66. The molecule has 0 radical (unpaired) electrons. The van der Waals surface area contributed by atoms with E-state index in [1.165, 1.54) is 11.8 Å². The zero-order valence-electron chi connectivity index (χ0n) is 18.9. The number of ether oxygens (including phenoxy) is 1. The van der Waals surface area contributed by atoms with Gasteiger partial charge in [0.05, 0.1) is 15.6 Å². The summed E-state index contributed by atoms with van der Waals surface area (Å²) in [6.07, 6.45) is 1.72. The summed E-state index contributed by atoms with van der Waals surface area (Å²) in [5.41, 5.74) is 4.12. The Bertz CT molecular complexity index is 1350. The van der Waals surface area contributed by atoms with Crippen molar-refractivity contribution in [3.05, 3.63) is 92.3 Å². The van der Waals surface area contributed by atoms with E-state index in [4.69, 9.17) is 27.9 Å². The second kappa shape index (κ2) is 11.0. The Balaban J connectivity index is 1.37. The number of hydrogen-bond donors (Lipinski definition) is 2. The van der Waals surface area contributed by atoms with Crippen LogP contribution < -0.4 is 15.4 Å². The highest BCUT2D eigenvalue weighted by molar-refractivity contribution is 8.18. The molecule has 0 aromatic heterocycles. The van der Waals surface area contributed by atoms with Crippen LogP contribution in [0.3, 0.4) is 0 Å². The van der Waals surface area contributed by atoms with Gasteiger partial charge in [-0.15, -0.1) is 0 Å². The number of anilines is 1. The lowest BCUT2D eigenvalue weighted by Gasteiger charge is -2.10. The molecular weight excluding hydrogens is 505 g/mol. The molecule has 0 aliphatic carbocycles. The maximum absolute atomic E-state index is 12.4. The molecule has 178 valence electrons. The van der Waals surface area contributed by atoms with Crippen LogP contribution in [-0.4, -0.2) is 23.6 Å². The van der Waals surface area contributed by atoms with E-state index in [0.717, 1.165) is 22.4 Å². The minimum absolute atomic E-state index is 0.220. The van der Waals surface area contributed by atoms with Gasteiger partial charge in [-0.3, -0.25) is 9.59 Å². The number of halogens is 2. The summed E-state index contributed by atoms with van der Waals surface area (Å²) in [5, 5.41) is 6.90. The van der Waals surface area contributed by atoms with E-state index < -0.39 is 0 Å². The van der Waals surface area contributed by atoms with Gasteiger partial charge in [0.1, 0.15) is 5.75 Å². The third-order valence-corrected chi connectivity index (χ3v) is 6.60. The lowest BCUT2D eigenvalue weighted by molar-refractivity contribution is -0.118. The first-order valence-electron chi connectivity index (χ1n) is 10.6. The van der Waals surface area contributed by atoms with Crippen molar-refractivity contribution in [2.75, 3.05) is 11.9 Å². The molecule has 0 saturated carbocycles. The Labute approximate surface area is 217 Å². The van der Waals surface area contributed by atoms with Gasteiger partial charge in [-0.25, -0.2) is 4.99 Å². The van der Waals surface area contributed by atoms with E-state index in [2.05, 4.69) is 15.6 Å². The summed E-state index contributed by atoms with van der Waals surface area (Å²) in [5.74, 6) is -0.215. The molecule has 3 aromatic rings. The maximum atomic E-state index is 12.4. The van der Waals surface area contributed by atoms with Crippen molar-refractivity contribution in [1.82, 2.24) is 5.32 Å². The molecular formula is C26H21Cl2N3O3S.